The van der Waals surface area contributed by atoms with E-state index >= 15 is 0 Å². The summed E-state index contributed by atoms with van der Waals surface area (Å²) < 4.78 is 1.03. The summed E-state index contributed by atoms with van der Waals surface area (Å²) in [7, 11) is 0. The van der Waals surface area contributed by atoms with Crippen LogP contribution < -0.4 is 0 Å². The Balaban J connectivity index is 2.26. The van der Waals surface area contributed by atoms with Crippen LogP contribution in [0.3, 0.4) is 0 Å². The predicted molar refractivity (Wildman–Crippen MR) is 69.7 cm³/mol. The molecule has 0 aromatic heterocycles. The van der Waals surface area contributed by atoms with Crippen LogP contribution in [0.25, 0.3) is 0 Å². The topological polar surface area (TPSA) is 17.1 Å². The van der Waals surface area contributed by atoms with Gasteiger partial charge in [0.25, 0.3) is 0 Å². The van der Waals surface area contributed by atoms with Crippen molar-refractivity contribution in [2.45, 2.75) is 39.0 Å². The number of hydrogen-bond donors (Lipinski definition) is 0. The van der Waals surface area contributed by atoms with Gasteiger partial charge in [-0.25, -0.2) is 0 Å². The second kappa shape index (κ2) is 4.70. The van der Waals surface area contributed by atoms with Gasteiger partial charge in [-0.05, 0) is 31.4 Å². The molecule has 0 saturated heterocycles. The third-order valence-corrected chi connectivity index (χ3v) is 4.35. The first-order valence-electron chi connectivity index (χ1n) is 5.98. The lowest BCUT2D eigenvalue weighted by Gasteiger charge is -2.25. The van der Waals surface area contributed by atoms with Crippen molar-refractivity contribution in [3.05, 3.63) is 34.3 Å². The normalized spacial score (nSPS) is 18.6. The molecule has 1 saturated carbocycles. The molecule has 1 aliphatic carbocycles. The van der Waals surface area contributed by atoms with E-state index in [0.717, 1.165) is 29.3 Å². The number of hydrogen-bond acceptors (Lipinski definition) is 1. The molecule has 1 fully saturated rings. The van der Waals surface area contributed by atoms with Crippen molar-refractivity contribution >= 4 is 21.7 Å². The molecule has 0 spiro atoms. The summed E-state index contributed by atoms with van der Waals surface area (Å²) in [5, 5.41) is 0. The Kier molecular flexibility index (Phi) is 3.48. The molecule has 0 atom stereocenters. The Hall–Kier alpha value is -0.630. The Morgan fingerprint density at radius 3 is 2.31 bits per heavy atom. The van der Waals surface area contributed by atoms with Crippen LogP contribution in [0.5, 0.6) is 0 Å². The summed E-state index contributed by atoms with van der Waals surface area (Å²) in [5.74, 6) is 0.347. The maximum absolute atomic E-state index is 12.5. The standard InChI is InChI=1S/C14H17BrO/c1-2-14(9-3-4-10-14)13(16)11-5-7-12(15)8-6-11/h5-8H,2-4,9-10H2,1H3. The lowest BCUT2D eigenvalue weighted by Crippen LogP contribution is -2.27. The summed E-state index contributed by atoms with van der Waals surface area (Å²) in [6, 6.07) is 7.77. The molecule has 0 bridgehead atoms. The largest absolute Gasteiger partial charge is 0.294 e. The molecule has 1 aromatic carbocycles. The predicted octanol–water partition coefficient (Wildman–Crippen LogP) is 4.60. The fraction of sp³-hybridized carbons (Fsp3) is 0.500. The molecule has 2 heteroatoms. The summed E-state index contributed by atoms with van der Waals surface area (Å²) in [6.07, 6.45) is 5.52. The first kappa shape index (κ1) is 11.8. The van der Waals surface area contributed by atoms with Crippen molar-refractivity contribution in [1.29, 1.82) is 0 Å². The van der Waals surface area contributed by atoms with Crippen LogP contribution in [0.1, 0.15) is 49.4 Å². The molecule has 1 aliphatic rings. The molecule has 0 N–H and O–H groups in total. The molecule has 0 unspecified atom stereocenters. The molecule has 0 amide bonds. The first-order chi connectivity index (χ1) is 7.68. The zero-order chi connectivity index (χ0) is 11.6. The number of carbonyl (C=O) groups is 1. The van der Waals surface area contributed by atoms with Crippen molar-refractivity contribution in [2.24, 2.45) is 5.41 Å². The summed E-state index contributed by atoms with van der Waals surface area (Å²) >= 11 is 3.40. The van der Waals surface area contributed by atoms with Crippen LogP contribution in [0.2, 0.25) is 0 Å². The number of benzene rings is 1. The Bertz CT molecular complexity index is 374. The highest BCUT2D eigenvalue weighted by Gasteiger charge is 2.39. The van der Waals surface area contributed by atoms with Gasteiger partial charge in [0.1, 0.15) is 0 Å². The minimum absolute atomic E-state index is 0.0617. The summed E-state index contributed by atoms with van der Waals surface area (Å²) in [6.45, 7) is 2.14. The van der Waals surface area contributed by atoms with Gasteiger partial charge in [0, 0.05) is 15.5 Å². The number of ketones is 1. The van der Waals surface area contributed by atoms with Gasteiger partial charge < -0.3 is 0 Å². The van der Waals surface area contributed by atoms with Crippen molar-refractivity contribution < 1.29 is 4.79 Å². The summed E-state index contributed by atoms with van der Waals surface area (Å²) in [5.41, 5.74) is 0.806. The van der Waals surface area contributed by atoms with E-state index in [1.165, 1.54) is 12.8 Å². The smallest absolute Gasteiger partial charge is 0.168 e. The van der Waals surface area contributed by atoms with Gasteiger partial charge >= 0.3 is 0 Å². The van der Waals surface area contributed by atoms with E-state index in [1.54, 1.807) is 0 Å². The van der Waals surface area contributed by atoms with Gasteiger partial charge in [-0.2, -0.15) is 0 Å². The molecular formula is C14H17BrO. The van der Waals surface area contributed by atoms with Crippen LogP contribution in [0.4, 0.5) is 0 Å². The Morgan fingerprint density at radius 1 is 1.25 bits per heavy atom. The van der Waals surface area contributed by atoms with Gasteiger partial charge in [0.2, 0.25) is 0 Å². The minimum atomic E-state index is -0.0617. The van der Waals surface area contributed by atoms with E-state index in [4.69, 9.17) is 0 Å². The highest BCUT2D eigenvalue weighted by molar-refractivity contribution is 9.10. The molecule has 1 aromatic rings. The molecule has 0 radical (unpaired) electrons. The summed E-state index contributed by atoms with van der Waals surface area (Å²) in [4.78, 5) is 12.5. The number of carbonyl (C=O) groups excluding carboxylic acids is 1. The fourth-order valence-electron chi connectivity index (χ4n) is 2.70. The van der Waals surface area contributed by atoms with E-state index in [2.05, 4.69) is 22.9 Å². The molecule has 86 valence electrons. The molecular weight excluding hydrogens is 264 g/mol. The van der Waals surface area contributed by atoms with Crippen molar-refractivity contribution in [2.75, 3.05) is 0 Å². The number of halogens is 1. The average Bonchev–Trinajstić information content (AvgIpc) is 2.79. The Morgan fingerprint density at radius 2 is 1.81 bits per heavy atom. The van der Waals surface area contributed by atoms with Crippen LogP contribution >= 0.6 is 15.9 Å². The number of rotatable bonds is 3. The number of Topliss-reactive ketones (excluding diaryl/α,β-unsaturated/α-hetero) is 1. The molecule has 2 rings (SSSR count). The molecule has 0 heterocycles. The lowest BCUT2D eigenvalue weighted by atomic mass is 9.76. The van der Waals surface area contributed by atoms with E-state index in [1.807, 2.05) is 24.3 Å². The highest BCUT2D eigenvalue weighted by Crippen LogP contribution is 2.43. The van der Waals surface area contributed by atoms with Crippen LogP contribution in [-0.2, 0) is 0 Å². The van der Waals surface area contributed by atoms with Crippen molar-refractivity contribution in [1.82, 2.24) is 0 Å². The zero-order valence-electron chi connectivity index (χ0n) is 9.63. The van der Waals surface area contributed by atoms with E-state index in [0.29, 0.717) is 5.78 Å². The Labute approximate surface area is 105 Å². The van der Waals surface area contributed by atoms with Crippen molar-refractivity contribution in [3.8, 4) is 0 Å². The monoisotopic (exact) mass is 280 g/mol. The second-order valence-corrected chi connectivity index (χ2v) is 5.59. The minimum Gasteiger partial charge on any atom is -0.294 e. The third-order valence-electron chi connectivity index (χ3n) is 3.83. The maximum Gasteiger partial charge on any atom is 0.168 e. The van der Waals surface area contributed by atoms with Gasteiger partial charge in [-0.1, -0.05) is 47.8 Å². The van der Waals surface area contributed by atoms with Crippen LogP contribution in [-0.4, -0.2) is 5.78 Å². The second-order valence-electron chi connectivity index (χ2n) is 4.68. The third kappa shape index (κ3) is 2.08. The fourth-order valence-corrected chi connectivity index (χ4v) is 2.96. The SMILES string of the molecule is CCC1(C(=O)c2ccc(Br)cc2)CCCC1. The quantitative estimate of drug-likeness (QED) is 0.740. The molecule has 0 aliphatic heterocycles. The van der Waals surface area contributed by atoms with Crippen molar-refractivity contribution in [3.63, 3.8) is 0 Å². The van der Waals surface area contributed by atoms with Gasteiger partial charge in [-0.3, -0.25) is 4.79 Å². The van der Waals surface area contributed by atoms with Gasteiger partial charge in [0.05, 0.1) is 0 Å². The van der Waals surface area contributed by atoms with Crippen LogP contribution in [0, 0.1) is 5.41 Å². The molecule has 1 nitrogen and oxygen atoms in total. The van der Waals surface area contributed by atoms with Gasteiger partial charge in [-0.15, -0.1) is 0 Å². The first-order valence-corrected chi connectivity index (χ1v) is 6.78. The zero-order valence-corrected chi connectivity index (χ0v) is 11.2. The maximum atomic E-state index is 12.5. The van der Waals surface area contributed by atoms with E-state index < -0.39 is 0 Å². The van der Waals surface area contributed by atoms with Gasteiger partial charge in [0.15, 0.2) is 5.78 Å². The van der Waals surface area contributed by atoms with Crippen LogP contribution in [0.15, 0.2) is 28.7 Å². The van der Waals surface area contributed by atoms with E-state index in [-0.39, 0.29) is 5.41 Å². The lowest BCUT2D eigenvalue weighted by molar-refractivity contribution is 0.0791. The molecule has 16 heavy (non-hydrogen) atoms. The highest BCUT2D eigenvalue weighted by atomic mass is 79.9. The van der Waals surface area contributed by atoms with E-state index in [9.17, 15) is 4.79 Å². The average molecular weight is 281 g/mol.